The molecular weight excluding hydrogens is 243 g/mol. The van der Waals surface area contributed by atoms with Gasteiger partial charge in [-0.2, -0.15) is 5.26 Å². The van der Waals surface area contributed by atoms with Crippen LogP contribution in [-0.2, 0) is 13.0 Å². The van der Waals surface area contributed by atoms with Gasteiger partial charge in [0.2, 0.25) is 0 Å². The molecule has 0 atom stereocenters. The maximum absolute atomic E-state index is 13.2. The van der Waals surface area contributed by atoms with Crippen molar-refractivity contribution in [3.63, 3.8) is 0 Å². The molecular formula is C14H15FN4. The molecule has 98 valence electrons. The zero-order valence-corrected chi connectivity index (χ0v) is 10.7. The molecule has 0 spiro atoms. The van der Waals surface area contributed by atoms with Crippen molar-refractivity contribution in [2.24, 2.45) is 0 Å². The van der Waals surface area contributed by atoms with Crippen LogP contribution < -0.4 is 5.32 Å². The van der Waals surface area contributed by atoms with Gasteiger partial charge in [-0.05, 0) is 30.8 Å². The molecule has 1 heterocycles. The lowest BCUT2D eigenvalue weighted by Crippen LogP contribution is -2.10. The molecule has 1 aromatic carbocycles. The Hall–Kier alpha value is -2.19. The molecule has 0 saturated carbocycles. The summed E-state index contributed by atoms with van der Waals surface area (Å²) in [5, 5.41) is 12.1. The van der Waals surface area contributed by atoms with Crippen LogP contribution in [0.5, 0.6) is 0 Å². The van der Waals surface area contributed by atoms with Gasteiger partial charge in [-0.25, -0.2) is 9.37 Å². The first-order valence-corrected chi connectivity index (χ1v) is 6.06. The summed E-state index contributed by atoms with van der Waals surface area (Å²) in [5.41, 5.74) is 2.14. The van der Waals surface area contributed by atoms with Gasteiger partial charge in [0.15, 0.2) is 0 Å². The molecule has 4 nitrogen and oxygen atoms in total. The third kappa shape index (κ3) is 3.39. The lowest BCUT2D eigenvalue weighted by atomic mass is 10.1. The number of benzene rings is 1. The fourth-order valence-electron chi connectivity index (χ4n) is 1.87. The van der Waals surface area contributed by atoms with E-state index in [9.17, 15) is 4.39 Å². The van der Waals surface area contributed by atoms with Gasteiger partial charge >= 0.3 is 0 Å². The maximum atomic E-state index is 13.2. The summed E-state index contributed by atoms with van der Waals surface area (Å²) < 4.78 is 15.1. The predicted molar refractivity (Wildman–Crippen MR) is 70.1 cm³/mol. The highest BCUT2D eigenvalue weighted by molar-refractivity contribution is 5.38. The molecule has 0 bridgehead atoms. The van der Waals surface area contributed by atoms with Gasteiger partial charge in [0.25, 0.3) is 0 Å². The van der Waals surface area contributed by atoms with Crippen molar-refractivity contribution in [3.05, 3.63) is 53.4 Å². The highest BCUT2D eigenvalue weighted by Crippen LogP contribution is 2.12. The third-order valence-electron chi connectivity index (χ3n) is 2.86. The van der Waals surface area contributed by atoms with Crippen molar-refractivity contribution in [1.82, 2.24) is 14.9 Å². The highest BCUT2D eigenvalue weighted by atomic mass is 19.1. The van der Waals surface area contributed by atoms with E-state index in [2.05, 4.69) is 16.4 Å². The van der Waals surface area contributed by atoms with Crippen LogP contribution in [0.3, 0.4) is 0 Å². The molecule has 19 heavy (non-hydrogen) atoms. The summed E-state index contributed by atoms with van der Waals surface area (Å²) in [6.45, 7) is 1.31. The third-order valence-corrected chi connectivity index (χ3v) is 2.86. The standard InChI is InChI=1S/C14H15FN4/c1-17-5-4-14-9-19(10-18-14)8-12-6-13(15)3-2-11(12)7-16/h2-3,6,9-10,17H,4-5,8H2,1H3. The van der Waals surface area contributed by atoms with Crippen LogP contribution in [0, 0.1) is 17.1 Å². The predicted octanol–water partition coefficient (Wildman–Crippen LogP) is 1.70. The largest absolute Gasteiger partial charge is 0.333 e. The normalized spacial score (nSPS) is 10.4. The Balaban J connectivity index is 2.15. The van der Waals surface area contributed by atoms with Crippen LogP contribution in [0.25, 0.3) is 0 Å². The lowest BCUT2D eigenvalue weighted by molar-refractivity contribution is 0.623. The van der Waals surface area contributed by atoms with Gasteiger partial charge in [0.05, 0.1) is 23.7 Å². The van der Waals surface area contributed by atoms with Crippen molar-refractivity contribution in [3.8, 4) is 6.07 Å². The quantitative estimate of drug-likeness (QED) is 0.888. The molecule has 0 radical (unpaired) electrons. The summed E-state index contributed by atoms with van der Waals surface area (Å²) >= 11 is 0. The van der Waals surface area contributed by atoms with Gasteiger partial charge in [0, 0.05) is 25.7 Å². The summed E-state index contributed by atoms with van der Waals surface area (Å²) in [4.78, 5) is 4.27. The van der Waals surface area contributed by atoms with E-state index in [4.69, 9.17) is 5.26 Å². The van der Waals surface area contributed by atoms with E-state index in [1.54, 1.807) is 6.33 Å². The Morgan fingerprint density at radius 3 is 3.05 bits per heavy atom. The molecule has 5 heteroatoms. The number of imidazole rings is 1. The Morgan fingerprint density at radius 2 is 2.32 bits per heavy atom. The van der Waals surface area contributed by atoms with Crippen molar-refractivity contribution < 1.29 is 4.39 Å². The number of nitrogens with one attached hydrogen (secondary N) is 1. The van der Waals surface area contributed by atoms with Gasteiger partial charge < -0.3 is 9.88 Å². The molecule has 1 aromatic heterocycles. The SMILES string of the molecule is CNCCc1cn(Cc2cc(F)ccc2C#N)cn1. The molecule has 0 aliphatic carbocycles. The fraction of sp³-hybridized carbons (Fsp3) is 0.286. The van der Waals surface area contributed by atoms with Gasteiger partial charge in [-0.3, -0.25) is 0 Å². The minimum atomic E-state index is -0.329. The minimum Gasteiger partial charge on any atom is -0.333 e. The number of hydrogen-bond acceptors (Lipinski definition) is 3. The number of nitriles is 1. The van der Waals surface area contributed by atoms with Gasteiger partial charge in [-0.1, -0.05) is 0 Å². The average Bonchev–Trinajstić information content (AvgIpc) is 2.84. The van der Waals surface area contributed by atoms with Gasteiger partial charge in [-0.15, -0.1) is 0 Å². The summed E-state index contributed by atoms with van der Waals surface area (Å²) in [7, 11) is 1.89. The van der Waals surface area contributed by atoms with Crippen LogP contribution in [-0.4, -0.2) is 23.1 Å². The molecule has 2 aromatic rings. The van der Waals surface area contributed by atoms with E-state index in [1.807, 2.05) is 17.8 Å². The molecule has 0 amide bonds. The zero-order chi connectivity index (χ0) is 13.7. The Labute approximate surface area is 111 Å². The average molecular weight is 258 g/mol. The van der Waals surface area contributed by atoms with Crippen LogP contribution in [0.2, 0.25) is 0 Å². The Morgan fingerprint density at radius 1 is 1.47 bits per heavy atom. The first-order valence-electron chi connectivity index (χ1n) is 6.06. The number of halogens is 1. The number of rotatable bonds is 5. The van der Waals surface area contributed by atoms with E-state index in [0.717, 1.165) is 18.7 Å². The molecule has 0 unspecified atom stereocenters. The van der Waals surface area contributed by atoms with E-state index in [1.165, 1.54) is 18.2 Å². The topological polar surface area (TPSA) is 53.6 Å². The summed E-state index contributed by atoms with van der Waals surface area (Å²) in [6, 6.07) is 6.27. The monoisotopic (exact) mass is 258 g/mol. The van der Waals surface area contributed by atoms with Crippen molar-refractivity contribution >= 4 is 0 Å². The Kier molecular flexibility index (Phi) is 4.26. The van der Waals surface area contributed by atoms with Crippen LogP contribution in [0.1, 0.15) is 16.8 Å². The maximum Gasteiger partial charge on any atom is 0.123 e. The summed E-state index contributed by atoms with van der Waals surface area (Å²) in [6.07, 6.45) is 4.47. The number of likely N-dealkylation sites (N-methyl/N-ethyl adjacent to an activating group) is 1. The van der Waals surface area contributed by atoms with E-state index < -0.39 is 0 Å². The summed E-state index contributed by atoms with van der Waals surface area (Å²) in [5.74, 6) is -0.329. The van der Waals surface area contributed by atoms with E-state index in [0.29, 0.717) is 17.7 Å². The second-order valence-corrected chi connectivity index (χ2v) is 4.30. The molecule has 0 fully saturated rings. The van der Waals surface area contributed by atoms with Crippen LogP contribution in [0.4, 0.5) is 4.39 Å². The smallest absolute Gasteiger partial charge is 0.123 e. The second-order valence-electron chi connectivity index (χ2n) is 4.30. The Bertz CT molecular complexity index is 598. The van der Waals surface area contributed by atoms with Crippen molar-refractivity contribution in [1.29, 1.82) is 5.26 Å². The van der Waals surface area contributed by atoms with Crippen molar-refractivity contribution in [2.75, 3.05) is 13.6 Å². The van der Waals surface area contributed by atoms with Crippen LogP contribution in [0.15, 0.2) is 30.7 Å². The fourth-order valence-corrected chi connectivity index (χ4v) is 1.87. The molecule has 0 saturated heterocycles. The first-order chi connectivity index (χ1) is 9.22. The van der Waals surface area contributed by atoms with E-state index >= 15 is 0 Å². The molecule has 0 aliphatic heterocycles. The first kappa shape index (κ1) is 13.2. The zero-order valence-electron chi connectivity index (χ0n) is 10.7. The van der Waals surface area contributed by atoms with Crippen molar-refractivity contribution in [2.45, 2.75) is 13.0 Å². The molecule has 1 N–H and O–H groups in total. The lowest BCUT2D eigenvalue weighted by Gasteiger charge is -2.05. The molecule has 2 rings (SSSR count). The highest BCUT2D eigenvalue weighted by Gasteiger charge is 2.05. The number of hydrogen-bond donors (Lipinski definition) is 1. The number of aromatic nitrogens is 2. The minimum absolute atomic E-state index is 0.329. The van der Waals surface area contributed by atoms with E-state index in [-0.39, 0.29) is 5.82 Å². The second kappa shape index (κ2) is 6.12. The number of nitrogens with zero attached hydrogens (tertiary/aromatic N) is 3. The van der Waals surface area contributed by atoms with Crippen LogP contribution >= 0.6 is 0 Å². The van der Waals surface area contributed by atoms with Gasteiger partial charge in [0.1, 0.15) is 5.82 Å². The molecule has 0 aliphatic rings.